The van der Waals surface area contributed by atoms with Crippen LogP contribution in [0, 0.1) is 0 Å². The molecule has 0 aliphatic carbocycles. The summed E-state index contributed by atoms with van der Waals surface area (Å²) < 4.78 is 16.8. The molecule has 1 unspecified atom stereocenters. The van der Waals surface area contributed by atoms with E-state index in [-0.39, 0.29) is 31.1 Å². The van der Waals surface area contributed by atoms with Gasteiger partial charge in [0.05, 0.1) is 0 Å². The second kappa shape index (κ2) is 50.1. The zero-order chi connectivity index (χ0) is 43.7. The highest BCUT2D eigenvalue weighted by atomic mass is 16.6. The number of ether oxygens (including phenoxy) is 3. The minimum atomic E-state index is -0.759. The smallest absolute Gasteiger partial charge is 0.306 e. The topological polar surface area (TPSA) is 78.9 Å². The maximum absolute atomic E-state index is 12.8. The van der Waals surface area contributed by atoms with E-state index in [1.807, 2.05) is 0 Å². The fraction of sp³-hybridized carbons (Fsp3) is 0.944. The molecule has 1 atom stereocenters. The molecule has 0 spiro atoms. The van der Waals surface area contributed by atoms with E-state index in [4.69, 9.17) is 14.2 Å². The average Bonchev–Trinajstić information content (AvgIpc) is 3.24. The average molecular weight is 849 g/mol. The summed E-state index contributed by atoms with van der Waals surface area (Å²) in [6, 6.07) is 0. The van der Waals surface area contributed by atoms with Gasteiger partial charge >= 0.3 is 17.9 Å². The van der Waals surface area contributed by atoms with Crippen molar-refractivity contribution < 1.29 is 28.6 Å². The van der Waals surface area contributed by atoms with E-state index in [1.54, 1.807) is 0 Å². The van der Waals surface area contributed by atoms with Crippen molar-refractivity contribution in [3.8, 4) is 0 Å². The van der Waals surface area contributed by atoms with Gasteiger partial charge in [0.2, 0.25) is 0 Å². The third-order valence-electron chi connectivity index (χ3n) is 12.4. The molecule has 0 bridgehead atoms. The summed E-state index contributed by atoms with van der Waals surface area (Å²) in [6.07, 6.45) is 53.8. The van der Waals surface area contributed by atoms with Crippen molar-refractivity contribution in [2.24, 2.45) is 0 Å². The van der Waals surface area contributed by atoms with Crippen LogP contribution < -0.4 is 0 Å². The van der Waals surface area contributed by atoms with Crippen LogP contribution >= 0.6 is 0 Å². The summed E-state index contributed by atoms with van der Waals surface area (Å²) in [4.78, 5) is 37.9. The molecule has 0 saturated heterocycles. The minimum Gasteiger partial charge on any atom is -0.462 e. The fourth-order valence-corrected chi connectivity index (χ4v) is 8.27. The first-order valence-electron chi connectivity index (χ1n) is 27.0. The van der Waals surface area contributed by atoms with Gasteiger partial charge in [-0.3, -0.25) is 14.4 Å². The van der Waals surface area contributed by atoms with Gasteiger partial charge in [0.15, 0.2) is 6.10 Å². The fourth-order valence-electron chi connectivity index (χ4n) is 8.27. The number of carbonyl (C=O) groups excluding carboxylic acids is 3. The van der Waals surface area contributed by atoms with Crippen LogP contribution in [0.2, 0.25) is 0 Å². The second-order valence-corrected chi connectivity index (χ2v) is 18.5. The molecule has 0 radical (unpaired) electrons. The molecule has 0 aliphatic rings. The largest absolute Gasteiger partial charge is 0.462 e. The van der Waals surface area contributed by atoms with E-state index in [2.05, 4.69) is 20.8 Å². The number of carbonyl (C=O) groups is 3. The number of hydrogen-bond acceptors (Lipinski definition) is 6. The van der Waals surface area contributed by atoms with Crippen molar-refractivity contribution in [3.05, 3.63) is 0 Å². The van der Waals surface area contributed by atoms with Crippen LogP contribution in [0.4, 0.5) is 0 Å². The van der Waals surface area contributed by atoms with E-state index >= 15 is 0 Å². The van der Waals surface area contributed by atoms with Gasteiger partial charge < -0.3 is 14.2 Å². The van der Waals surface area contributed by atoms with E-state index in [0.717, 1.165) is 57.8 Å². The first kappa shape index (κ1) is 58.4. The van der Waals surface area contributed by atoms with E-state index < -0.39 is 6.10 Å². The lowest BCUT2D eigenvalue weighted by atomic mass is 10.0. The molecule has 0 aliphatic heterocycles. The Hall–Kier alpha value is -1.59. The summed E-state index contributed by atoms with van der Waals surface area (Å²) >= 11 is 0. The highest BCUT2D eigenvalue weighted by Gasteiger charge is 2.19. The summed E-state index contributed by atoms with van der Waals surface area (Å²) in [5.74, 6) is -0.840. The second-order valence-electron chi connectivity index (χ2n) is 18.5. The predicted octanol–water partition coefficient (Wildman–Crippen LogP) is 17.6. The van der Waals surface area contributed by atoms with E-state index in [1.165, 1.54) is 212 Å². The van der Waals surface area contributed by atoms with Crippen molar-refractivity contribution in [3.63, 3.8) is 0 Å². The summed E-state index contributed by atoms with van der Waals surface area (Å²) in [5.41, 5.74) is 0. The zero-order valence-electron chi connectivity index (χ0n) is 40.8. The van der Waals surface area contributed by atoms with Crippen LogP contribution in [0.25, 0.3) is 0 Å². The van der Waals surface area contributed by atoms with Gasteiger partial charge in [0, 0.05) is 19.3 Å². The molecule has 356 valence electrons. The summed E-state index contributed by atoms with van der Waals surface area (Å²) in [7, 11) is 0. The lowest BCUT2D eigenvalue weighted by Crippen LogP contribution is -2.30. The lowest BCUT2D eigenvalue weighted by molar-refractivity contribution is -0.167. The van der Waals surface area contributed by atoms with Crippen LogP contribution in [0.3, 0.4) is 0 Å². The number of unbranched alkanes of at least 4 members (excludes halogenated alkanes) is 39. The van der Waals surface area contributed by atoms with Crippen LogP contribution in [-0.2, 0) is 28.6 Å². The Balaban J connectivity index is 4.23. The Labute approximate surface area is 374 Å². The Morgan fingerprint density at radius 1 is 0.267 bits per heavy atom. The molecule has 0 heterocycles. The zero-order valence-corrected chi connectivity index (χ0v) is 40.8. The van der Waals surface area contributed by atoms with Gasteiger partial charge in [-0.1, -0.05) is 271 Å². The van der Waals surface area contributed by atoms with Crippen LogP contribution in [0.1, 0.15) is 310 Å². The Kier molecular flexibility index (Phi) is 48.7. The summed E-state index contributed by atoms with van der Waals surface area (Å²) in [5, 5.41) is 0. The molecule has 0 aromatic heterocycles. The molecule has 6 heteroatoms. The van der Waals surface area contributed by atoms with Crippen LogP contribution in [-0.4, -0.2) is 37.2 Å². The monoisotopic (exact) mass is 849 g/mol. The molecule has 0 amide bonds. The first-order chi connectivity index (χ1) is 29.5. The normalized spacial score (nSPS) is 11.8. The standard InChI is InChI=1S/C54H104O6/c1-4-7-10-13-16-19-22-24-25-26-27-28-29-30-33-35-38-41-44-47-53(56)59-50-51(49-58-52(55)46-43-40-37-34-31-21-18-15-12-9-6-3)60-54(57)48-45-42-39-36-32-23-20-17-14-11-8-5-2/h51H,4-50H2,1-3H3. The van der Waals surface area contributed by atoms with Crippen LogP contribution in [0.15, 0.2) is 0 Å². The molecule has 0 saturated carbocycles. The molecule has 6 nitrogen and oxygen atoms in total. The minimum absolute atomic E-state index is 0.0616. The van der Waals surface area contributed by atoms with Gasteiger partial charge in [0.1, 0.15) is 13.2 Å². The molecular weight excluding hydrogens is 745 g/mol. The molecule has 0 fully saturated rings. The Morgan fingerprint density at radius 3 is 0.667 bits per heavy atom. The molecule has 0 aromatic rings. The van der Waals surface area contributed by atoms with Crippen molar-refractivity contribution in [2.45, 2.75) is 316 Å². The number of hydrogen-bond donors (Lipinski definition) is 0. The molecule has 0 rings (SSSR count). The highest BCUT2D eigenvalue weighted by molar-refractivity contribution is 5.71. The van der Waals surface area contributed by atoms with Crippen molar-refractivity contribution >= 4 is 17.9 Å². The highest BCUT2D eigenvalue weighted by Crippen LogP contribution is 2.17. The molecule has 60 heavy (non-hydrogen) atoms. The molecular formula is C54H104O6. The Bertz CT molecular complexity index is 889. The maximum atomic E-state index is 12.8. The SMILES string of the molecule is CCCCCCCCCCCCCCCCCCCCCC(=O)OCC(COC(=O)CCCCCCCCCCCCC)OC(=O)CCCCCCCCCCCCCC. The third-order valence-corrected chi connectivity index (χ3v) is 12.4. The van der Waals surface area contributed by atoms with Crippen molar-refractivity contribution in [1.82, 2.24) is 0 Å². The first-order valence-corrected chi connectivity index (χ1v) is 27.0. The van der Waals surface area contributed by atoms with Crippen molar-refractivity contribution in [1.29, 1.82) is 0 Å². The van der Waals surface area contributed by atoms with Gasteiger partial charge in [0.25, 0.3) is 0 Å². The van der Waals surface area contributed by atoms with E-state index in [9.17, 15) is 14.4 Å². The van der Waals surface area contributed by atoms with Gasteiger partial charge in [-0.25, -0.2) is 0 Å². The number of rotatable bonds is 50. The molecule has 0 aromatic carbocycles. The third kappa shape index (κ3) is 47.5. The maximum Gasteiger partial charge on any atom is 0.306 e. The van der Waals surface area contributed by atoms with Crippen LogP contribution in [0.5, 0.6) is 0 Å². The Morgan fingerprint density at radius 2 is 0.450 bits per heavy atom. The predicted molar refractivity (Wildman–Crippen MR) is 257 cm³/mol. The summed E-state index contributed by atoms with van der Waals surface area (Å²) in [6.45, 7) is 6.68. The van der Waals surface area contributed by atoms with Crippen molar-refractivity contribution in [2.75, 3.05) is 13.2 Å². The van der Waals surface area contributed by atoms with Gasteiger partial charge in [-0.15, -0.1) is 0 Å². The molecule has 0 N–H and O–H groups in total. The van der Waals surface area contributed by atoms with Gasteiger partial charge in [-0.05, 0) is 19.3 Å². The number of esters is 3. The van der Waals surface area contributed by atoms with Gasteiger partial charge in [-0.2, -0.15) is 0 Å². The lowest BCUT2D eigenvalue weighted by Gasteiger charge is -2.18. The quantitative estimate of drug-likeness (QED) is 0.0345. The van der Waals surface area contributed by atoms with E-state index in [0.29, 0.717) is 19.3 Å².